The molecule has 0 spiro atoms. The van der Waals surface area contributed by atoms with E-state index in [1.807, 2.05) is 30.3 Å². The Morgan fingerprint density at radius 2 is 2.12 bits per heavy atom. The van der Waals surface area contributed by atoms with Gasteiger partial charge in [0, 0.05) is 6.54 Å². The van der Waals surface area contributed by atoms with Crippen LogP contribution in [0.25, 0.3) is 0 Å². The number of rotatable bonds is 8. The lowest BCUT2D eigenvalue weighted by Crippen LogP contribution is -2.27. The van der Waals surface area contributed by atoms with Gasteiger partial charge in [-0.2, -0.15) is 11.8 Å². The Balaban J connectivity index is 2.42. The molecule has 3 nitrogen and oxygen atoms in total. The molecular weight excluding hydrogens is 234 g/mol. The molecule has 17 heavy (non-hydrogen) atoms. The topological polar surface area (TPSA) is 49.3 Å². The van der Waals surface area contributed by atoms with E-state index in [2.05, 4.69) is 11.6 Å². The highest BCUT2D eigenvalue weighted by atomic mass is 32.2. The predicted octanol–water partition coefficient (Wildman–Crippen LogP) is 2.20. The third-order valence-corrected chi connectivity index (χ3v) is 3.25. The fourth-order valence-electron chi connectivity index (χ4n) is 1.62. The molecule has 0 saturated carbocycles. The van der Waals surface area contributed by atoms with Crippen LogP contribution in [0.4, 0.5) is 0 Å². The average Bonchev–Trinajstić information content (AvgIpc) is 2.34. The van der Waals surface area contributed by atoms with E-state index in [4.69, 9.17) is 0 Å². The number of carboxylic acids is 1. The smallest absolute Gasteiger partial charge is 0.312 e. The predicted molar refractivity (Wildman–Crippen MR) is 72.7 cm³/mol. The maximum atomic E-state index is 11.2. The van der Waals surface area contributed by atoms with Gasteiger partial charge in [-0.15, -0.1) is 0 Å². The van der Waals surface area contributed by atoms with Gasteiger partial charge in [0.05, 0.1) is 5.92 Å². The van der Waals surface area contributed by atoms with Crippen molar-refractivity contribution in [3.63, 3.8) is 0 Å². The number of hydrogen-bond acceptors (Lipinski definition) is 3. The van der Waals surface area contributed by atoms with Crippen LogP contribution in [0.1, 0.15) is 17.9 Å². The Hall–Kier alpha value is -1.00. The summed E-state index contributed by atoms with van der Waals surface area (Å²) in [7, 11) is 0. The van der Waals surface area contributed by atoms with Gasteiger partial charge in [0.1, 0.15) is 0 Å². The van der Waals surface area contributed by atoms with Crippen LogP contribution in [-0.2, 0) is 4.79 Å². The second-order valence-corrected chi connectivity index (χ2v) is 4.84. The zero-order valence-electron chi connectivity index (χ0n) is 10.1. The molecular formula is C13H19NO2S. The molecule has 0 heterocycles. The summed E-state index contributed by atoms with van der Waals surface area (Å²) < 4.78 is 0. The number of hydrogen-bond donors (Lipinski definition) is 2. The minimum absolute atomic E-state index is 0.453. The van der Waals surface area contributed by atoms with E-state index in [1.165, 1.54) is 0 Å². The van der Waals surface area contributed by atoms with Gasteiger partial charge in [0.2, 0.25) is 0 Å². The maximum absolute atomic E-state index is 11.2. The van der Waals surface area contributed by atoms with Crippen LogP contribution in [-0.4, -0.2) is 36.2 Å². The molecule has 1 rings (SSSR count). The first-order chi connectivity index (χ1) is 8.25. The lowest BCUT2D eigenvalue weighted by Gasteiger charge is -2.13. The first-order valence-corrected chi connectivity index (χ1v) is 7.12. The first-order valence-electron chi connectivity index (χ1n) is 5.73. The van der Waals surface area contributed by atoms with Crippen molar-refractivity contribution in [2.75, 3.05) is 25.1 Å². The van der Waals surface area contributed by atoms with Crippen molar-refractivity contribution in [3.05, 3.63) is 35.9 Å². The van der Waals surface area contributed by atoms with Crippen LogP contribution in [0.3, 0.4) is 0 Å². The average molecular weight is 253 g/mol. The zero-order valence-corrected chi connectivity index (χ0v) is 10.9. The van der Waals surface area contributed by atoms with Crippen LogP contribution in [0.5, 0.6) is 0 Å². The number of benzene rings is 1. The Morgan fingerprint density at radius 1 is 1.41 bits per heavy atom. The summed E-state index contributed by atoms with van der Waals surface area (Å²) in [5.74, 6) is -0.116. The molecule has 1 atom stereocenters. The number of carboxylic acid groups (broad SMARTS) is 1. The molecule has 0 amide bonds. The van der Waals surface area contributed by atoms with E-state index < -0.39 is 11.9 Å². The molecule has 0 bridgehead atoms. The van der Waals surface area contributed by atoms with Gasteiger partial charge in [-0.05, 0) is 30.5 Å². The summed E-state index contributed by atoms with van der Waals surface area (Å²) in [6.07, 6.45) is 3.15. The van der Waals surface area contributed by atoms with E-state index in [0.29, 0.717) is 6.54 Å². The third-order valence-electron chi connectivity index (χ3n) is 2.55. The second-order valence-electron chi connectivity index (χ2n) is 3.85. The molecule has 1 aromatic rings. The van der Waals surface area contributed by atoms with Gasteiger partial charge in [-0.3, -0.25) is 4.79 Å². The molecule has 0 saturated heterocycles. The summed E-state index contributed by atoms with van der Waals surface area (Å²) in [6.45, 7) is 1.37. The van der Waals surface area contributed by atoms with E-state index in [9.17, 15) is 9.90 Å². The molecule has 4 heteroatoms. The monoisotopic (exact) mass is 253 g/mol. The van der Waals surface area contributed by atoms with Crippen molar-refractivity contribution < 1.29 is 9.90 Å². The molecule has 0 aliphatic rings. The summed E-state index contributed by atoms with van der Waals surface area (Å²) in [4.78, 5) is 11.2. The summed E-state index contributed by atoms with van der Waals surface area (Å²) in [5.41, 5.74) is 0.859. The van der Waals surface area contributed by atoms with Crippen molar-refractivity contribution in [1.29, 1.82) is 0 Å². The van der Waals surface area contributed by atoms with Crippen LogP contribution in [0.15, 0.2) is 30.3 Å². The minimum atomic E-state index is -0.770. The lowest BCUT2D eigenvalue weighted by molar-refractivity contribution is -0.138. The molecule has 0 radical (unpaired) electrons. The van der Waals surface area contributed by atoms with Crippen molar-refractivity contribution in [1.82, 2.24) is 5.32 Å². The second kappa shape index (κ2) is 8.14. The first kappa shape index (κ1) is 14.1. The molecule has 1 unspecified atom stereocenters. The molecule has 0 aliphatic heterocycles. The summed E-state index contributed by atoms with van der Waals surface area (Å²) in [6, 6.07) is 9.37. The molecule has 0 aromatic heterocycles. The lowest BCUT2D eigenvalue weighted by atomic mass is 9.99. The van der Waals surface area contributed by atoms with Gasteiger partial charge in [0.25, 0.3) is 0 Å². The fourth-order valence-corrected chi connectivity index (χ4v) is 2.05. The quantitative estimate of drug-likeness (QED) is 0.697. The fraction of sp³-hybridized carbons (Fsp3) is 0.462. The van der Waals surface area contributed by atoms with Crippen LogP contribution < -0.4 is 5.32 Å². The number of aliphatic carboxylic acids is 1. The molecule has 0 fully saturated rings. The Morgan fingerprint density at radius 3 is 2.71 bits per heavy atom. The molecule has 2 N–H and O–H groups in total. The van der Waals surface area contributed by atoms with Gasteiger partial charge in [0.15, 0.2) is 0 Å². The molecule has 0 aliphatic carbocycles. The van der Waals surface area contributed by atoms with Crippen molar-refractivity contribution in [3.8, 4) is 0 Å². The molecule has 94 valence electrons. The van der Waals surface area contributed by atoms with Crippen molar-refractivity contribution in [2.45, 2.75) is 12.3 Å². The number of carbonyl (C=O) groups is 1. The van der Waals surface area contributed by atoms with Gasteiger partial charge in [-0.1, -0.05) is 30.3 Å². The van der Waals surface area contributed by atoms with Gasteiger partial charge in [-0.25, -0.2) is 0 Å². The Kier molecular flexibility index (Phi) is 6.74. The molecule has 1 aromatic carbocycles. The highest BCUT2D eigenvalue weighted by Crippen LogP contribution is 2.14. The Bertz CT molecular complexity index is 329. The third kappa shape index (κ3) is 5.24. The van der Waals surface area contributed by atoms with Crippen molar-refractivity contribution >= 4 is 17.7 Å². The maximum Gasteiger partial charge on any atom is 0.312 e. The van der Waals surface area contributed by atoms with Gasteiger partial charge < -0.3 is 10.4 Å². The summed E-state index contributed by atoms with van der Waals surface area (Å²) in [5, 5.41) is 12.4. The highest BCUT2D eigenvalue weighted by molar-refractivity contribution is 7.98. The Labute approximate surface area is 107 Å². The van der Waals surface area contributed by atoms with Gasteiger partial charge >= 0.3 is 5.97 Å². The van der Waals surface area contributed by atoms with E-state index >= 15 is 0 Å². The van der Waals surface area contributed by atoms with Crippen LogP contribution in [0.2, 0.25) is 0 Å². The van der Waals surface area contributed by atoms with Crippen molar-refractivity contribution in [2.24, 2.45) is 0 Å². The normalized spacial score (nSPS) is 12.3. The van der Waals surface area contributed by atoms with E-state index in [1.54, 1.807) is 11.8 Å². The SMILES string of the molecule is CSCCCNCC(C(=O)O)c1ccccc1. The largest absolute Gasteiger partial charge is 0.481 e. The van der Waals surface area contributed by atoms with E-state index in [0.717, 1.165) is 24.3 Å². The standard InChI is InChI=1S/C13H19NO2S/c1-17-9-5-8-14-10-12(13(15)16)11-6-3-2-4-7-11/h2-4,6-7,12,14H,5,8-10H2,1H3,(H,15,16). The van der Waals surface area contributed by atoms with Crippen LogP contribution in [0, 0.1) is 0 Å². The van der Waals surface area contributed by atoms with E-state index in [-0.39, 0.29) is 0 Å². The summed E-state index contributed by atoms with van der Waals surface area (Å²) >= 11 is 1.81. The number of thioether (sulfide) groups is 1. The van der Waals surface area contributed by atoms with Crippen LogP contribution >= 0.6 is 11.8 Å². The highest BCUT2D eigenvalue weighted by Gasteiger charge is 2.18. The minimum Gasteiger partial charge on any atom is -0.481 e. The number of nitrogens with one attached hydrogen (secondary N) is 1. The zero-order chi connectivity index (χ0) is 12.5.